The van der Waals surface area contributed by atoms with Crippen molar-refractivity contribution in [2.45, 2.75) is 25.9 Å². The van der Waals surface area contributed by atoms with Crippen LogP contribution in [0.15, 0.2) is 24.5 Å². The Morgan fingerprint density at radius 3 is 2.38 bits per heavy atom. The van der Waals surface area contributed by atoms with Crippen molar-refractivity contribution in [3.8, 4) is 0 Å². The van der Waals surface area contributed by atoms with Gasteiger partial charge in [0.15, 0.2) is 0 Å². The van der Waals surface area contributed by atoms with Crippen LogP contribution in [0.1, 0.15) is 25.5 Å². The van der Waals surface area contributed by atoms with Crippen molar-refractivity contribution >= 4 is 5.91 Å². The van der Waals surface area contributed by atoms with Gasteiger partial charge >= 0.3 is 0 Å². The third kappa shape index (κ3) is 3.31. The molecule has 4 heteroatoms. The molecule has 88 valence electrons. The standard InChI is InChI=1S/C12H19N3O/c1-9(11-5-7-13-8-6-11)14-10(2)12(16)15(3)4/h5-10,14H,1-4H3/t9-,10?/m1/s1. The van der Waals surface area contributed by atoms with Crippen molar-refractivity contribution < 1.29 is 4.79 Å². The topological polar surface area (TPSA) is 45.2 Å². The van der Waals surface area contributed by atoms with E-state index in [1.165, 1.54) is 0 Å². The van der Waals surface area contributed by atoms with Crippen molar-refractivity contribution in [3.05, 3.63) is 30.1 Å². The second-order valence-corrected chi connectivity index (χ2v) is 4.12. The molecule has 0 bridgehead atoms. The first-order chi connectivity index (χ1) is 7.52. The molecular weight excluding hydrogens is 202 g/mol. The molecule has 0 spiro atoms. The van der Waals surface area contributed by atoms with E-state index < -0.39 is 0 Å². The second kappa shape index (κ2) is 5.61. The van der Waals surface area contributed by atoms with E-state index in [4.69, 9.17) is 0 Å². The first kappa shape index (κ1) is 12.6. The van der Waals surface area contributed by atoms with Crippen LogP contribution in [-0.2, 0) is 4.79 Å². The highest BCUT2D eigenvalue weighted by atomic mass is 16.2. The summed E-state index contributed by atoms with van der Waals surface area (Å²) in [5.41, 5.74) is 1.13. The number of hydrogen-bond acceptors (Lipinski definition) is 3. The Bertz CT molecular complexity index is 337. The Kier molecular flexibility index (Phi) is 4.43. The average molecular weight is 221 g/mol. The number of nitrogens with zero attached hydrogens (tertiary/aromatic N) is 2. The van der Waals surface area contributed by atoms with E-state index in [-0.39, 0.29) is 18.0 Å². The normalized spacial score (nSPS) is 14.2. The van der Waals surface area contributed by atoms with Gasteiger partial charge in [-0.3, -0.25) is 15.1 Å². The zero-order valence-electron chi connectivity index (χ0n) is 10.3. The number of amides is 1. The van der Waals surface area contributed by atoms with E-state index in [2.05, 4.69) is 10.3 Å². The Morgan fingerprint density at radius 1 is 1.31 bits per heavy atom. The van der Waals surface area contributed by atoms with Crippen LogP contribution in [0.5, 0.6) is 0 Å². The van der Waals surface area contributed by atoms with Crippen LogP contribution in [0.2, 0.25) is 0 Å². The predicted molar refractivity (Wildman–Crippen MR) is 63.9 cm³/mol. The Labute approximate surface area is 96.7 Å². The third-order valence-electron chi connectivity index (χ3n) is 2.52. The molecule has 16 heavy (non-hydrogen) atoms. The van der Waals surface area contributed by atoms with E-state index in [9.17, 15) is 4.79 Å². The molecule has 4 nitrogen and oxygen atoms in total. The summed E-state index contributed by atoms with van der Waals surface area (Å²) in [4.78, 5) is 17.2. The fraction of sp³-hybridized carbons (Fsp3) is 0.500. The smallest absolute Gasteiger partial charge is 0.238 e. The van der Waals surface area contributed by atoms with Gasteiger partial charge in [0, 0.05) is 32.5 Å². The summed E-state index contributed by atoms with van der Waals surface area (Å²) < 4.78 is 0. The van der Waals surface area contributed by atoms with Crippen molar-refractivity contribution in [1.82, 2.24) is 15.2 Å². The van der Waals surface area contributed by atoms with Crippen LogP contribution in [0.3, 0.4) is 0 Å². The number of aromatic nitrogens is 1. The average Bonchev–Trinajstić information content (AvgIpc) is 2.28. The van der Waals surface area contributed by atoms with Crippen LogP contribution < -0.4 is 5.32 Å². The highest BCUT2D eigenvalue weighted by Gasteiger charge is 2.17. The number of likely N-dealkylation sites (N-methyl/N-ethyl adjacent to an activating group) is 1. The summed E-state index contributed by atoms with van der Waals surface area (Å²) in [6.07, 6.45) is 3.51. The largest absolute Gasteiger partial charge is 0.347 e. The van der Waals surface area contributed by atoms with Crippen molar-refractivity contribution in [2.24, 2.45) is 0 Å². The number of nitrogens with one attached hydrogen (secondary N) is 1. The molecule has 1 unspecified atom stereocenters. The number of carbonyl (C=O) groups is 1. The maximum atomic E-state index is 11.7. The summed E-state index contributed by atoms with van der Waals surface area (Å²) in [6.45, 7) is 3.91. The van der Waals surface area contributed by atoms with Gasteiger partial charge in [-0.25, -0.2) is 0 Å². The lowest BCUT2D eigenvalue weighted by Crippen LogP contribution is -2.42. The minimum absolute atomic E-state index is 0.0842. The molecule has 0 fully saturated rings. The Hall–Kier alpha value is -1.42. The van der Waals surface area contributed by atoms with Crippen LogP contribution in [0.25, 0.3) is 0 Å². The SMILES string of the molecule is CC(N[C@H](C)c1ccncc1)C(=O)N(C)C. The molecule has 2 atom stereocenters. The summed E-state index contributed by atoms with van der Waals surface area (Å²) in [7, 11) is 3.52. The minimum Gasteiger partial charge on any atom is -0.347 e. The van der Waals surface area contributed by atoms with Crippen LogP contribution >= 0.6 is 0 Å². The number of hydrogen-bond donors (Lipinski definition) is 1. The van der Waals surface area contributed by atoms with Gasteiger partial charge in [0.2, 0.25) is 5.91 Å². The molecule has 1 aromatic rings. The first-order valence-electron chi connectivity index (χ1n) is 5.39. The van der Waals surface area contributed by atoms with E-state index in [1.807, 2.05) is 26.0 Å². The summed E-state index contributed by atoms with van der Waals surface area (Å²) >= 11 is 0. The molecule has 1 aromatic heterocycles. The van der Waals surface area contributed by atoms with Crippen molar-refractivity contribution in [1.29, 1.82) is 0 Å². The lowest BCUT2D eigenvalue weighted by Gasteiger charge is -2.22. The number of rotatable bonds is 4. The number of carbonyl (C=O) groups excluding carboxylic acids is 1. The Morgan fingerprint density at radius 2 is 1.88 bits per heavy atom. The fourth-order valence-electron chi connectivity index (χ4n) is 1.58. The molecule has 1 amide bonds. The maximum Gasteiger partial charge on any atom is 0.238 e. The minimum atomic E-state index is -0.182. The van der Waals surface area contributed by atoms with Gasteiger partial charge < -0.3 is 4.90 Å². The molecule has 0 aliphatic carbocycles. The van der Waals surface area contributed by atoms with E-state index in [0.717, 1.165) is 5.56 Å². The van der Waals surface area contributed by atoms with E-state index in [1.54, 1.807) is 31.4 Å². The quantitative estimate of drug-likeness (QED) is 0.831. The van der Waals surface area contributed by atoms with Gasteiger partial charge in [0.1, 0.15) is 0 Å². The molecule has 1 N–H and O–H groups in total. The highest BCUT2D eigenvalue weighted by molar-refractivity contribution is 5.80. The van der Waals surface area contributed by atoms with E-state index >= 15 is 0 Å². The van der Waals surface area contributed by atoms with Crippen molar-refractivity contribution in [2.75, 3.05) is 14.1 Å². The van der Waals surface area contributed by atoms with Crippen molar-refractivity contribution in [3.63, 3.8) is 0 Å². The monoisotopic (exact) mass is 221 g/mol. The molecule has 0 saturated heterocycles. The molecular formula is C12H19N3O. The van der Waals surface area contributed by atoms with Crippen LogP contribution in [0, 0.1) is 0 Å². The first-order valence-corrected chi connectivity index (χ1v) is 5.39. The molecule has 1 rings (SSSR count). The zero-order valence-corrected chi connectivity index (χ0v) is 10.3. The molecule has 1 heterocycles. The number of pyridine rings is 1. The van der Waals surface area contributed by atoms with Gasteiger partial charge in [0.25, 0.3) is 0 Å². The molecule has 0 aliphatic rings. The van der Waals surface area contributed by atoms with Gasteiger partial charge in [-0.15, -0.1) is 0 Å². The fourth-order valence-corrected chi connectivity index (χ4v) is 1.58. The Balaban J connectivity index is 2.58. The highest BCUT2D eigenvalue weighted by Crippen LogP contribution is 2.11. The van der Waals surface area contributed by atoms with Gasteiger partial charge in [-0.1, -0.05) is 0 Å². The summed E-state index contributed by atoms with van der Waals surface area (Å²) in [5, 5.41) is 3.26. The molecule has 0 aliphatic heterocycles. The summed E-state index contributed by atoms with van der Waals surface area (Å²) in [5.74, 6) is 0.0842. The van der Waals surface area contributed by atoms with Gasteiger partial charge in [0.05, 0.1) is 6.04 Å². The van der Waals surface area contributed by atoms with Gasteiger partial charge in [-0.2, -0.15) is 0 Å². The summed E-state index contributed by atoms with van der Waals surface area (Å²) in [6, 6.07) is 3.86. The van der Waals surface area contributed by atoms with E-state index in [0.29, 0.717) is 0 Å². The zero-order chi connectivity index (χ0) is 12.1. The third-order valence-corrected chi connectivity index (χ3v) is 2.52. The second-order valence-electron chi connectivity index (χ2n) is 4.12. The predicted octanol–water partition coefficient (Wildman–Crippen LogP) is 1.21. The maximum absolute atomic E-state index is 11.7. The van der Waals surface area contributed by atoms with Crippen LogP contribution in [-0.4, -0.2) is 35.9 Å². The molecule has 0 aromatic carbocycles. The lowest BCUT2D eigenvalue weighted by molar-refractivity contribution is -0.130. The molecule has 0 saturated carbocycles. The van der Waals surface area contributed by atoms with Gasteiger partial charge in [-0.05, 0) is 31.5 Å². The van der Waals surface area contributed by atoms with Crippen LogP contribution in [0.4, 0.5) is 0 Å². The lowest BCUT2D eigenvalue weighted by atomic mass is 10.1. The molecule has 0 radical (unpaired) electrons.